The Morgan fingerprint density at radius 1 is 1.21 bits per heavy atom. The molecular formula is C14H15NO4. The van der Waals surface area contributed by atoms with Gasteiger partial charge in [-0.2, -0.15) is 0 Å². The van der Waals surface area contributed by atoms with Crippen LogP contribution < -0.4 is 0 Å². The molecule has 0 fully saturated rings. The van der Waals surface area contributed by atoms with Crippen molar-refractivity contribution >= 4 is 17.8 Å². The number of hydrogen-bond donors (Lipinski definition) is 1. The molecule has 0 saturated carbocycles. The number of carbonyl (C=O) groups excluding carboxylic acids is 2. The molecule has 0 bridgehead atoms. The molecule has 1 heterocycles. The van der Waals surface area contributed by atoms with Crippen molar-refractivity contribution in [2.24, 2.45) is 0 Å². The first-order valence-electron chi connectivity index (χ1n) is 6.14. The highest BCUT2D eigenvalue weighted by Gasteiger charge is 2.50. The number of nitrogens with zero attached hydrogens (tertiary/aromatic N) is 1. The van der Waals surface area contributed by atoms with Gasteiger partial charge >= 0.3 is 5.97 Å². The molecule has 0 saturated heterocycles. The van der Waals surface area contributed by atoms with Crippen LogP contribution in [0.25, 0.3) is 0 Å². The highest BCUT2D eigenvalue weighted by molar-refractivity contribution is 6.23. The molecule has 1 unspecified atom stereocenters. The van der Waals surface area contributed by atoms with Gasteiger partial charge < -0.3 is 5.11 Å². The zero-order chi connectivity index (χ0) is 14.2. The number of fused-ring (bicyclic) bond motifs is 1. The number of carbonyl (C=O) groups is 3. The van der Waals surface area contributed by atoms with Gasteiger partial charge in [0, 0.05) is 0 Å². The maximum atomic E-state index is 12.3. The summed E-state index contributed by atoms with van der Waals surface area (Å²) in [7, 11) is 0. The van der Waals surface area contributed by atoms with Gasteiger partial charge in [-0.15, -0.1) is 0 Å². The molecule has 5 nitrogen and oxygen atoms in total. The fourth-order valence-electron chi connectivity index (χ4n) is 2.44. The first kappa shape index (κ1) is 13.3. The molecule has 1 aromatic carbocycles. The monoisotopic (exact) mass is 261 g/mol. The van der Waals surface area contributed by atoms with Crippen molar-refractivity contribution in [3.63, 3.8) is 0 Å². The summed E-state index contributed by atoms with van der Waals surface area (Å²) in [6.07, 6.45) is 0.796. The number of carboxylic acids is 1. The van der Waals surface area contributed by atoms with Crippen LogP contribution in [0, 0.1) is 0 Å². The SMILES string of the molecule is CCCC(C)(C(=O)O)N1C(=O)c2ccccc2C1=O. The highest BCUT2D eigenvalue weighted by Crippen LogP contribution is 2.32. The maximum Gasteiger partial charge on any atom is 0.329 e. The van der Waals surface area contributed by atoms with Crippen LogP contribution in [0.15, 0.2) is 24.3 Å². The Morgan fingerprint density at radius 3 is 2.05 bits per heavy atom. The first-order valence-corrected chi connectivity index (χ1v) is 6.14. The smallest absolute Gasteiger partial charge is 0.329 e. The van der Waals surface area contributed by atoms with Crippen LogP contribution in [-0.2, 0) is 4.79 Å². The van der Waals surface area contributed by atoms with E-state index < -0.39 is 23.3 Å². The summed E-state index contributed by atoms with van der Waals surface area (Å²) in [6.45, 7) is 3.24. The Morgan fingerprint density at radius 2 is 1.68 bits per heavy atom. The molecule has 0 aromatic heterocycles. The van der Waals surface area contributed by atoms with Crippen LogP contribution in [0.3, 0.4) is 0 Å². The second-order valence-corrected chi connectivity index (χ2v) is 4.82. The minimum absolute atomic E-state index is 0.230. The van der Waals surface area contributed by atoms with Crippen molar-refractivity contribution in [3.05, 3.63) is 35.4 Å². The molecule has 2 rings (SSSR count). The second kappa shape index (κ2) is 4.50. The van der Waals surface area contributed by atoms with Crippen molar-refractivity contribution in [3.8, 4) is 0 Å². The first-order chi connectivity index (χ1) is 8.93. The number of rotatable bonds is 4. The minimum Gasteiger partial charge on any atom is -0.479 e. The van der Waals surface area contributed by atoms with Crippen molar-refractivity contribution in [1.82, 2.24) is 4.90 Å². The lowest BCUT2D eigenvalue weighted by atomic mass is 9.94. The lowest BCUT2D eigenvalue weighted by molar-refractivity contribution is -0.148. The van der Waals surface area contributed by atoms with Gasteiger partial charge in [-0.1, -0.05) is 25.5 Å². The Labute approximate surface area is 110 Å². The molecule has 19 heavy (non-hydrogen) atoms. The number of imide groups is 1. The molecule has 1 aliphatic rings. The Kier molecular flexibility index (Phi) is 3.14. The molecule has 0 spiro atoms. The largest absolute Gasteiger partial charge is 0.479 e. The average molecular weight is 261 g/mol. The van der Waals surface area contributed by atoms with Gasteiger partial charge in [0.2, 0.25) is 0 Å². The average Bonchev–Trinajstić information content (AvgIpc) is 2.63. The zero-order valence-corrected chi connectivity index (χ0v) is 10.8. The van der Waals surface area contributed by atoms with E-state index in [9.17, 15) is 19.5 Å². The van der Waals surface area contributed by atoms with Crippen LogP contribution in [0.5, 0.6) is 0 Å². The summed E-state index contributed by atoms with van der Waals surface area (Å²) in [6, 6.07) is 6.41. The number of benzene rings is 1. The topological polar surface area (TPSA) is 74.7 Å². The number of aliphatic carboxylic acids is 1. The predicted octanol–water partition coefficient (Wildman–Crippen LogP) is 1.93. The van der Waals surface area contributed by atoms with Gasteiger partial charge in [-0.3, -0.25) is 14.5 Å². The molecule has 2 amide bonds. The molecule has 100 valence electrons. The molecule has 1 aliphatic heterocycles. The van der Waals surface area contributed by atoms with E-state index >= 15 is 0 Å². The van der Waals surface area contributed by atoms with Gasteiger partial charge in [0.25, 0.3) is 11.8 Å². The van der Waals surface area contributed by atoms with Gasteiger partial charge in [-0.25, -0.2) is 4.79 Å². The van der Waals surface area contributed by atoms with E-state index in [0.717, 1.165) is 4.90 Å². The molecule has 1 N–H and O–H groups in total. The molecule has 1 atom stereocenters. The Hall–Kier alpha value is -2.17. The lowest BCUT2D eigenvalue weighted by Gasteiger charge is -2.33. The zero-order valence-electron chi connectivity index (χ0n) is 10.8. The van der Waals surface area contributed by atoms with Gasteiger partial charge in [0.1, 0.15) is 5.54 Å². The van der Waals surface area contributed by atoms with Gasteiger partial charge in [0.05, 0.1) is 11.1 Å². The standard InChI is InChI=1S/C14H15NO4/c1-3-8-14(2,13(18)19)15-11(16)9-6-4-5-7-10(9)12(15)17/h4-7H,3,8H2,1-2H3,(H,18,19). The van der Waals surface area contributed by atoms with Crippen LogP contribution >= 0.6 is 0 Å². The molecule has 0 aliphatic carbocycles. The molecule has 5 heteroatoms. The van der Waals surface area contributed by atoms with Crippen molar-refractivity contribution in [2.75, 3.05) is 0 Å². The second-order valence-electron chi connectivity index (χ2n) is 4.82. The maximum absolute atomic E-state index is 12.3. The summed E-state index contributed by atoms with van der Waals surface area (Å²) in [4.78, 5) is 36.9. The van der Waals surface area contributed by atoms with Crippen LogP contribution in [-0.4, -0.2) is 33.3 Å². The van der Waals surface area contributed by atoms with E-state index in [0.29, 0.717) is 6.42 Å². The summed E-state index contributed by atoms with van der Waals surface area (Å²) >= 11 is 0. The highest BCUT2D eigenvalue weighted by atomic mass is 16.4. The van der Waals surface area contributed by atoms with Crippen LogP contribution in [0.2, 0.25) is 0 Å². The number of hydrogen-bond acceptors (Lipinski definition) is 3. The summed E-state index contributed by atoms with van der Waals surface area (Å²) in [5.74, 6) is -2.22. The molecule has 1 aromatic rings. The fourth-order valence-corrected chi connectivity index (χ4v) is 2.44. The van der Waals surface area contributed by atoms with Crippen molar-refractivity contribution < 1.29 is 19.5 Å². The van der Waals surface area contributed by atoms with Crippen LogP contribution in [0.4, 0.5) is 0 Å². The predicted molar refractivity (Wildman–Crippen MR) is 67.9 cm³/mol. The van der Waals surface area contributed by atoms with Gasteiger partial charge in [-0.05, 0) is 25.5 Å². The molecule has 0 radical (unpaired) electrons. The minimum atomic E-state index is -1.50. The third-order valence-corrected chi connectivity index (χ3v) is 3.49. The quantitative estimate of drug-likeness (QED) is 0.840. The number of amides is 2. The Balaban J connectivity index is 2.51. The van der Waals surface area contributed by atoms with Crippen LogP contribution in [0.1, 0.15) is 47.4 Å². The van der Waals surface area contributed by atoms with E-state index in [1.807, 2.05) is 6.92 Å². The third kappa shape index (κ3) is 1.82. The number of carboxylic acid groups (broad SMARTS) is 1. The normalized spacial score (nSPS) is 17.3. The molecular weight excluding hydrogens is 246 g/mol. The Bertz CT molecular complexity index is 531. The fraction of sp³-hybridized carbons (Fsp3) is 0.357. The summed E-state index contributed by atoms with van der Waals surface area (Å²) in [5.41, 5.74) is -0.950. The van der Waals surface area contributed by atoms with E-state index in [-0.39, 0.29) is 17.5 Å². The third-order valence-electron chi connectivity index (χ3n) is 3.49. The lowest BCUT2D eigenvalue weighted by Crippen LogP contribution is -2.55. The van der Waals surface area contributed by atoms with E-state index in [1.165, 1.54) is 6.92 Å². The van der Waals surface area contributed by atoms with E-state index in [2.05, 4.69) is 0 Å². The summed E-state index contributed by atoms with van der Waals surface area (Å²) in [5, 5.41) is 9.39. The van der Waals surface area contributed by atoms with E-state index in [4.69, 9.17) is 0 Å². The van der Waals surface area contributed by atoms with Gasteiger partial charge in [0.15, 0.2) is 0 Å². The van der Waals surface area contributed by atoms with Crippen molar-refractivity contribution in [1.29, 1.82) is 0 Å². The van der Waals surface area contributed by atoms with E-state index in [1.54, 1.807) is 24.3 Å². The van der Waals surface area contributed by atoms with Crippen molar-refractivity contribution in [2.45, 2.75) is 32.2 Å². The summed E-state index contributed by atoms with van der Waals surface area (Å²) < 4.78 is 0.